The molecule has 6 nitrogen and oxygen atoms in total. The van der Waals surface area contributed by atoms with E-state index in [1.54, 1.807) is 6.07 Å². The standard InChI is InChI=1S/C21H26N4O2/c22-18(26)12-25-19(24-17-4-2-1-3-16(17)20(25)27)11-23-21-8-13-5-14(9-21)7-15(6-13)10-21/h1-4,13-15,23H,5-12H2,(H2,22,26). The van der Waals surface area contributed by atoms with Crippen LogP contribution in [0.25, 0.3) is 10.9 Å². The third-order valence-electron chi connectivity index (χ3n) is 6.91. The van der Waals surface area contributed by atoms with Crippen LogP contribution < -0.4 is 16.6 Å². The fourth-order valence-electron chi connectivity index (χ4n) is 6.26. The number of nitrogens with one attached hydrogen (secondary N) is 1. The molecule has 1 heterocycles. The number of rotatable bonds is 5. The topological polar surface area (TPSA) is 90.0 Å². The maximum atomic E-state index is 12.9. The van der Waals surface area contributed by atoms with Gasteiger partial charge in [-0.15, -0.1) is 0 Å². The van der Waals surface area contributed by atoms with E-state index in [0.717, 1.165) is 17.8 Å². The summed E-state index contributed by atoms with van der Waals surface area (Å²) in [7, 11) is 0. The molecule has 4 fully saturated rings. The summed E-state index contributed by atoms with van der Waals surface area (Å²) in [6.45, 7) is 0.369. The molecule has 1 aromatic carbocycles. The first-order valence-corrected chi connectivity index (χ1v) is 10.0. The van der Waals surface area contributed by atoms with Gasteiger partial charge in [0.05, 0.1) is 17.4 Å². The highest BCUT2D eigenvalue weighted by Crippen LogP contribution is 2.55. The highest BCUT2D eigenvalue weighted by atomic mass is 16.2. The predicted octanol–water partition coefficient (Wildman–Crippen LogP) is 1.94. The fraction of sp³-hybridized carbons (Fsp3) is 0.571. The van der Waals surface area contributed by atoms with Crippen LogP contribution in [0, 0.1) is 17.8 Å². The number of aromatic nitrogens is 2. The van der Waals surface area contributed by atoms with Crippen LogP contribution in [0.1, 0.15) is 44.3 Å². The summed E-state index contributed by atoms with van der Waals surface area (Å²) in [5.41, 5.74) is 6.06. The molecule has 1 aromatic heterocycles. The van der Waals surface area contributed by atoms with Crippen LogP contribution in [0.5, 0.6) is 0 Å². The van der Waals surface area contributed by atoms with E-state index in [2.05, 4.69) is 5.32 Å². The molecule has 1 amide bonds. The Morgan fingerprint density at radius 1 is 1.15 bits per heavy atom. The minimum Gasteiger partial charge on any atom is -0.368 e. The van der Waals surface area contributed by atoms with E-state index >= 15 is 0 Å². The zero-order valence-electron chi connectivity index (χ0n) is 15.5. The van der Waals surface area contributed by atoms with E-state index < -0.39 is 5.91 Å². The number of carbonyl (C=O) groups excluding carboxylic acids is 1. The highest BCUT2D eigenvalue weighted by Gasteiger charge is 2.50. The van der Waals surface area contributed by atoms with Gasteiger partial charge in [-0.25, -0.2) is 4.98 Å². The van der Waals surface area contributed by atoms with Gasteiger partial charge >= 0.3 is 0 Å². The molecule has 0 radical (unpaired) electrons. The molecule has 4 saturated carbocycles. The van der Waals surface area contributed by atoms with Crippen molar-refractivity contribution in [2.24, 2.45) is 23.5 Å². The van der Waals surface area contributed by atoms with Gasteiger partial charge in [0.1, 0.15) is 12.4 Å². The van der Waals surface area contributed by atoms with Crippen LogP contribution in [0.4, 0.5) is 0 Å². The Balaban J connectivity index is 1.47. The van der Waals surface area contributed by atoms with Crippen molar-refractivity contribution in [1.29, 1.82) is 0 Å². The molecular formula is C21H26N4O2. The van der Waals surface area contributed by atoms with Gasteiger partial charge in [0.25, 0.3) is 5.56 Å². The van der Waals surface area contributed by atoms with E-state index in [9.17, 15) is 9.59 Å². The molecule has 142 valence electrons. The monoisotopic (exact) mass is 366 g/mol. The number of carbonyl (C=O) groups is 1. The average Bonchev–Trinajstić information content (AvgIpc) is 2.61. The Labute approximate surface area is 158 Å². The van der Waals surface area contributed by atoms with Gasteiger partial charge in [-0.2, -0.15) is 0 Å². The maximum absolute atomic E-state index is 12.9. The number of primary amides is 1. The van der Waals surface area contributed by atoms with Gasteiger partial charge in [0.15, 0.2) is 0 Å². The van der Waals surface area contributed by atoms with E-state index in [1.807, 2.05) is 18.2 Å². The summed E-state index contributed by atoms with van der Waals surface area (Å²) in [6.07, 6.45) is 7.86. The quantitative estimate of drug-likeness (QED) is 0.846. The number of hydrogen-bond donors (Lipinski definition) is 2. The van der Waals surface area contributed by atoms with Gasteiger partial charge in [0.2, 0.25) is 5.91 Å². The second-order valence-corrected chi connectivity index (χ2v) is 8.95. The molecule has 27 heavy (non-hydrogen) atoms. The fourth-order valence-corrected chi connectivity index (χ4v) is 6.26. The Morgan fingerprint density at radius 3 is 2.41 bits per heavy atom. The lowest BCUT2D eigenvalue weighted by molar-refractivity contribution is -0.118. The van der Waals surface area contributed by atoms with E-state index in [-0.39, 0.29) is 17.6 Å². The summed E-state index contributed by atoms with van der Waals surface area (Å²) in [4.78, 5) is 29.1. The molecule has 6 rings (SSSR count). The van der Waals surface area contributed by atoms with Crippen molar-refractivity contribution in [3.63, 3.8) is 0 Å². The molecular weight excluding hydrogens is 340 g/mol. The lowest BCUT2D eigenvalue weighted by Crippen LogP contribution is -2.58. The Hall–Kier alpha value is -2.21. The van der Waals surface area contributed by atoms with Crippen LogP contribution in [0.15, 0.2) is 29.1 Å². The van der Waals surface area contributed by atoms with E-state index in [4.69, 9.17) is 10.7 Å². The van der Waals surface area contributed by atoms with Gasteiger partial charge in [0, 0.05) is 5.54 Å². The number of amides is 1. The summed E-state index contributed by atoms with van der Waals surface area (Å²) >= 11 is 0. The smallest absolute Gasteiger partial charge is 0.261 e. The summed E-state index contributed by atoms with van der Waals surface area (Å²) < 4.78 is 1.44. The molecule has 4 bridgehead atoms. The molecule has 0 aliphatic heterocycles. The van der Waals surface area contributed by atoms with Crippen LogP contribution in [-0.4, -0.2) is 21.0 Å². The first-order valence-electron chi connectivity index (χ1n) is 10.0. The normalized spacial score (nSPS) is 31.5. The number of nitrogens with two attached hydrogens (primary N) is 1. The minimum atomic E-state index is -0.523. The molecule has 0 saturated heterocycles. The van der Waals surface area contributed by atoms with Crippen molar-refractivity contribution in [3.8, 4) is 0 Å². The lowest BCUT2D eigenvalue weighted by Gasteiger charge is -2.57. The molecule has 4 aliphatic rings. The van der Waals surface area contributed by atoms with Crippen molar-refractivity contribution in [1.82, 2.24) is 14.9 Å². The van der Waals surface area contributed by atoms with Gasteiger partial charge in [-0.05, 0) is 68.4 Å². The third kappa shape index (κ3) is 2.96. The zero-order chi connectivity index (χ0) is 18.6. The van der Waals surface area contributed by atoms with Crippen LogP contribution >= 0.6 is 0 Å². The summed E-state index contributed by atoms with van der Waals surface area (Å²) in [5.74, 6) is 2.63. The van der Waals surface area contributed by atoms with Crippen LogP contribution in [-0.2, 0) is 17.9 Å². The Morgan fingerprint density at radius 2 is 1.78 bits per heavy atom. The average molecular weight is 366 g/mol. The molecule has 6 heteroatoms. The van der Waals surface area contributed by atoms with Gasteiger partial charge in [-0.1, -0.05) is 12.1 Å². The summed E-state index contributed by atoms with van der Waals surface area (Å²) in [6, 6.07) is 7.29. The van der Waals surface area contributed by atoms with Gasteiger partial charge in [-0.3, -0.25) is 14.2 Å². The number of nitrogens with zero attached hydrogens (tertiary/aromatic N) is 2. The van der Waals surface area contributed by atoms with Crippen LogP contribution in [0.2, 0.25) is 0 Å². The number of hydrogen-bond acceptors (Lipinski definition) is 4. The number of benzene rings is 1. The van der Waals surface area contributed by atoms with Gasteiger partial charge < -0.3 is 11.1 Å². The van der Waals surface area contributed by atoms with E-state index in [0.29, 0.717) is 23.3 Å². The Bertz CT molecular complexity index is 929. The van der Waals surface area contributed by atoms with Crippen molar-refractivity contribution < 1.29 is 4.79 Å². The largest absolute Gasteiger partial charge is 0.368 e. The number of para-hydroxylation sites is 1. The van der Waals surface area contributed by atoms with E-state index in [1.165, 1.54) is 43.1 Å². The molecule has 4 aliphatic carbocycles. The SMILES string of the molecule is NC(=O)Cn1c(CNC23CC4CC(CC(C4)C2)C3)nc2ccccc2c1=O. The second-order valence-electron chi connectivity index (χ2n) is 8.95. The van der Waals surface area contributed by atoms with Crippen molar-refractivity contribution in [2.45, 2.75) is 57.2 Å². The van der Waals surface area contributed by atoms with Crippen molar-refractivity contribution in [3.05, 3.63) is 40.4 Å². The minimum absolute atomic E-state index is 0.130. The maximum Gasteiger partial charge on any atom is 0.261 e. The van der Waals surface area contributed by atoms with Crippen LogP contribution in [0.3, 0.4) is 0 Å². The summed E-state index contributed by atoms with van der Waals surface area (Å²) in [5, 5.41) is 4.30. The zero-order valence-corrected chi connectivity index (χ0v) is 15.5. The molecule has 0 unspecified atom stereocenters. The second kappa shape index (κ2) is 6.16. The number of fused-ring (bicyclic) bond motifs is 1. The third-order valence-corrected chi connectivity index (χ3v) is 6.91. The molecule has 3 N–H and O–H groups in total. The first-order chi connectivity index (χ1) is 13.0. The van der Waals surface area contributed by atoms with Crippen molar-refractivity contribution >= 4 is 16.8 Å². The van der Waals surface area contributed by atoms with Crippen molar-refractivity contribution in [2.75, 3.05) is 0 Å². The predicted molar refractivity (Wildman–Crippen MR) is 103 cm³/mol. The lowest BCUT2D eigenvalue weighted by atomic mass is 9.53. The first kappa shape index (κ1) is 16.9. The molecule has 0 atom stereocenters. The Kier molecular flexibility index (Phi) is 3.86. The molecule has 2 aromatic rings. The highest BCUT2D eigenvalue weighted by molar-refractivity contribution is 5.78. The molecule has 0 spiro atoms.